The number of hydrogen-bond acceptors (Lipinski definition) is 0. The van der Waals surface area contributed by atoms with E-state index in [-0.39, 0.29) is 0 Å². The van der Waals surface area contributed by atoms with E-state index >= 15 is 0 Å². The summed E-state index contributed by atoms with van der Waals surface area (Å²) in [6, 6.07) is -1.84. The fourth-order valence-corrected chi connectivity index (χ4v) is 0.0525. The van der Waals surface area contributed by atoms with Crippen LogP contribution in [0.4, 0.5) is 8.78 Å². The highest BCUT2D eigenvalue weighted by molar-refractivity contribution is 4.67. The Hall–Kier alpha value is -0.600. The summed E-state index contributed by atoms with van der Waals surface area (Å²) < 4.78 is 21.4. The predicted molar refractivity (Wildman–Crippen MR) is 14.5 cm³/mol. The standard InChI is InChI=1S/C3H2F2O/c4-2-1-3(5)6/h2H2. The largest absolute Gasteiger partial charge is 0.331 e. The monoisotopic (exact) mass is 92.0 g/mol. The minimum atomic E-state index is -1.84. The van der Waals surface area contributed by atoms with Gasteiger partial charge >= 0.3 is 6.01 Å². The molecule has 0 aromatic rings. The topological polar surface area (TPSA) is 19.9 Å². The maximum Gasteiger partial charge on any atom is 0.331 e. The highest BCUT2D eigenvalue weighted by Crippen LogP contribution is 1.85. The van der Waals surface area contributed by atoms with Crippen LogP contribution < -0.4 is 0 Å². The van der Waals surface area contributed by atoms with Gasteiger partial charge < -0.3 is 0 Å². The lowest BCUT2D eigenvalue weighted by molar-refractivity contribution is 0.192. The van der Waals surface area contributed by atoms with Crippen LogP contribution in [-0.2, 0) is 5.11 Å². The van der Waals surface area contributed by atoms with Crippen molar-refractivity contribution in [3.8, 4) is 0 Å². The lowest BCUT2D eigenvalue weighted by Crippen LogP contribution is -1.66. The zero-order valence-corrected chi connectivity index (χ0v) is 2.87. The van der Waals surface area contributed by atoms with Gasteiger partial charge in [0, 0.05) is 0 Å². The van der Waals surface area contributed by atoms with Crippen molar-refractivity contribution in [2.24, 2.45) is 0 Å². The molecule has 0 aliphatic carbocycles. The third-order valence-electron chi connectivity index (χ3n) is 0.206. The van der Waals surface area contributed by atoms with Crippen molar-refractivity contribution in [2.45, 2.75) is 0 Å². The van der Waals surface area contributed by atoms with Crippen LogP contribution in [0.3, 0.4) is 0 Å². The smallest absolute Gasteiger partial charge is 0.256 e. The number of halogens is 2. The molecule has 0 aromatic carbocycles. The normalized spacial score (nSPS) is 12.0. The van der Waals surface area contributed by atoms with E-state index in [1.165, 1.54) is 6.08 Å². The van der Waals surface area contributed by atoms with Crippen molar-refractivity contribution in [1.29, 1.82) is 0 Å². The summed E-state index contributed by atoms with van der Waals surface area (Å²) >= 11 is 0. The Labute approximate surface area is 33.9 Å². The Morgan fingerprint density at radius 1 is 1.83 bits per heavy atom. The third kappa shape index (κ3) is 3.40. The van der Waals surface area contributed by atoms with E-state index in [9.17, 15) is 8.78 Å². The maximum absolute atomic E-state index is 10.7. The van der Waals surface area contributed by atoms with Crippen molar-refractivity contribution in [2.75, 3.05) is 6.67 Å². The Morgan fingerprint density at radius 2 is 2.33 bits per heavy atom. The van der Waals surface area contributed by atoms with E-state index < -0.39 is 12.7 Å². The predicted octanol–water partition coefficient (Wildman–Crippen LogP) is 1.00. The summed E-state index contributed by atoms with van der Waals surface area (Å²) in [6.07, 6.45) is 1.24. The Morgan fingerprint density at radius 3 is 2.33 bits per heavy atom. The molecule has 0 bridgehead atoms. The molecular formula is C3H2F2O. The van der Waals surface area contributed by atoms with Gasteiger partial charge in [-0.25, -0.2) is 4.39 Å². The Kier molecular flexibility index (Phi) is 2.36. The molecule has 0 unspecified atom stereocenters. The fraction of sp³-hybridized carbons (Fsp3) is 0.333. The van der Waals surface area contributed by atoms with Crippen molar-refractivity contribution in [3.05, 3.63) is 12.1 Å². The van der Waals surface area contributed by atoms with Gasteiger partial charge in [-0.15, -0.1) is 0 Å². The van der Waals surface area contributed by atoms with Gasteiger partial charge in [0.25, 0.3) is 0 Å². The number of alkyl halides is 1. The zero-order chi connectivity index (χ0) is 4.99. The molecule has 2 radical (unpaired) electrons. The first kappa shape index (κ1) is 5.40. The summed E-state index contributed by atoms with van der Waals surface area (Å²) in [7, 11) is 0. The summed E-state index contributed by atoms with van der Waals surface area (Å²) in [5.74, 6) is 0. The number of rotatable bonds is 1. The third-order valence-corrected chi connectivity index (χ3v) is 0.206. The summed E-state index contributed by atoms with van der Waals surface area (Å²) in [4.78, 5) is 0. The minimum Gasteiger partial charge on any atom is -0.256 e. The van der Waals surface area contributed by atoms with E-state index in [4.69, 9.17) is 5.11 Å². The molecule has 0 aliphatic rings. The first-order valence-electron chi connectivity index (χ1n) is 1.26. The molecule has 0 aromatic heterocycles. The van der Waals surface area contributed by atoms with Crippen molar-refractivity contribution >= 4 is 0 Å². The van der Waals surface area contributed by atoms with Crippen molar-refractivity contribution in [3.63, 3.8) is 0 Å². The van der Waals surface area contributed by atoms with Gasteiger partial charge in [-0.1, -0.05) is 0 Å². The zero-order valence-electron chi connectivity index (χ0n) is 2.87. The van der Waals surface area contributed by atoms with E-state index in [1.54, 1.807) is 0 Å². The first-order chi connectivity index (χ1) is 2.77. The summed E-state index contributed by atoms with van der Waals surface area (Å²) in [5, 5.41) is 9.03. The minimum absolute atomic E-state index is 1.14. The van der Waals surface area contributed by atoms with Crippen molar-refractivity contribution < 1.29 is 13.9 Å². The molecule has 0 N–H and O–H groups in total. The Bertz CT molecular complexity index is 55.8. The van der Waals surface area contributed by atoms with Gasteiger partial charge in [-0.05, 0) is 0 Å². The van der Waals surface area contributed by atoms with Crippen LogP contribution >= 0.6 is 0 Å². The molecule has 0 saturated carbocycles. The molecule has 3 heteroatoms. The van der Waals surface area contributed by atoms with Crippen LogP contribution in [0.1, 0.15) is 0 Å². The molecule has 34 valence electrons. The molecule has 0 spiro atoms. The molecule has 6 heavy (non-hydrogen) atoms. The van der Waals surface area contributed by atoms with Crippen molar-refractivity contribution in [1.82, 2.24) is 0 Å². The van der Waals surface area contributed by atoms with Crippen LogP contribution in [-0.4, -0.2) is 6.67 Å². The van der Waals surface area contributed by atoms with Crippen LogP contribution in [0.25, 0.3) is 0 Å². The van der Waals surface area contributed by atoms with Gasteiger partial charge in [0.1, 0.15) is 6.67 Å². The SMILES string of the molecule is [O]/C(F)=[C]\CF. The van der Waals surface area contributed by atoms with Crippen LogP contribution in [0.5, 0.6) is 0 Å². The lowest BCUT2D eigenvalue weighted by Gasteiger charge is -1.66. The molecule has 1 nitrogen and oxygen atoms in total. The Balaban J connectivity index is 3.14. The fourth-order valence-electron chi connectivity index (χ4n) is 0.0525. The van der Waals surface area contributed by atoms with Crippen LogP contribution in [0, 0.1) is 6.08 Å². The highest BCUT2D eigenvalue weighted by atomic mass is 19.1. The molecular weight excluding hydrogens is 90.0 g/mol. The van der Waals surface area contributed by atoms with E-state index in [0.717, 1.165) is 0 Å². The number of allylic oxidation sites excluding steroid dienone is 1. The van der Waals surface area contributed by atoms with E-state index in [2.05, 4.69) is 0 Å². The second-order valence-corrected chi connectivity index (χ2v) is 0.584. The molecule has 0 amide bonds. The van der Waals surface area contributed by atoms with Gasteiger partial charge in [0.15, 0.2) is 0 Å². The highest BCUT2D eigenvalue weighted by Gasteiger charge is 1.84. The van der Waals surface area contributed by atoms with Gasteiger partial charge in [0.05, 0.1) is 6.08 Å². The molecule has 0 aliphatic heterocycles. The average molecular weight is 92.0 g/mol. The van der Waals surface area contributed by atoms with Crippen LogP contribution in [0.15, 0.2) is 6.01 Å². The molecule has 0 rings (SSSR count). The second-order valence-electron chi connectivity index (χ2n) is 0.584. The molecule has 0 fully saturated rings. The molecule has 0 atom stereocenters. The number of hydrogen-bond donors (Lipinski definition) is 0. The van der Waals surface area contributed by atoms with Crippen LogP contribution in [0.2, 0.25) is 0 Å². The molecule has 0 saturated heterocycles. The molecule has 0 heterocycles. The van der Waals surface area contributed by atoms with E-state index in [1.807, 2.05) is 0 Å². The van der Waals surface area contributed by atoms with Gasteiger partial charge in [-0.2, -0.15) is 4.39 Å². The first-order valence-corrected chi connectivity index (χ1v) is 1.26. The quantitative estimate of drug-likeness (QED) is 0.430. The lowest BCUT2D eigenvalue weighted by atomic mass is 10.7. The maximum atomic E-state index is 10.7. The van der Waals surface area contributed by atoms with E-state index in [0.29, 0.717) is 0 Å². The van der Waals surface area contributed by atoms with Gasteiger partial charge in [0.2, 0.25) is 0 Å². The second kappa shape index (κ2) is 2.63. The average Bonchev–Trinajstić information content (AvgIpc) is 1.35. The van der Waals surface area contributed by atoms with Gasteiger partial charge in [-0.3, -0.25) is 5.11 Å². The summed E-state index contributed by atoms with van der Waals surface area (Å²) in [5.41, 5.74) is 0. The summed E-state index contributed by atoms with van der Waals surface area (Å²) in [6.45, 7) is -1.14.